The van der Waals surface area contributed by atoms with Gasteiger partial charge in [-0.05, 0) is 79.1 Å². The number of allylic oxidation sites excluding steroid dienone is 1. The van der Waals surface area contributed by atoms with Crippen molar-refractivity contribution < 1.29 is 0 Å². The van der Waals surface area contributed by atoms with Crippen LogP contribution in [0.25, 0.3) is 23.0 Å². The highest BCUT2D eigenvalue weighted by Gasteiger charge is 2.43. The maximum absolute atomic E-state index is 6.60. The Morgan fingerprint density at radius 3 is 2.39 bits per heavy atom. The molecule has 3 nitrogen and oxygen atoms in total. The lowest BCUT2D eigenvalue weighted by Crippen LogP contribution is -2.36. The van der Waals surface area contributed by atoms with Gasteiger partial charge in [0, 0.05) is 34.3 Å². The van der Waals surface area contributed by atoms with Crippen LogP contribution in [0.3, 0.4) is 0 Å². The molecule has 0 saturated carbocycles. The van der Waals surface area contributed by atoms with E-state index in [2.05, 4.69) is 85.8 Å². The van der Waals surface area contributed by atoms with Crippen molar-refractivity contribution in [3.63, 3.8) is 0 Å². The van der Waals surface area contributed by atoms with E-state index in [0.717, 1.165) is 42.1 Å². The third-order valence-corrected chi connectivity index (χ3v) is 8.93. The standard InChI is InChI=1S/C33H33Cl2N3/c1-5-21-10-7-11-22(6-2)30(21)38-31(27-15-9-13-23-12-8-14-26(23)27)28-20-37(33(3,4)32(28)36-38)19-24-18-25(34)16-17-29(24)35/h7-11,13-18H,5-6,12,19-20H2,1-4H3. The molecule has 1 aliphatic heterocycles. The van der Waals surface area contributed by atoms with Crippen LogP contribution in [0.4, 0.5) is 0 Å². The molecule has 0 amide bonds. The molecule has 2 aliphatic rings. The summed E-state index contributed by atoms with van der Waals surface area (Å²) in [6, 6.07) is 19.1. The fourth-order valence-electron chi connectivity index (χ4n) is 6.18. The fraction of sp³-hybridized carbons (Fsp3) is 0.303. The Labute approximate surface area is 235 Å². The van der Waals surface area contributed by atoms with Gasteiger partial charge in [-0.1, -0.05) is 85.6 Å². The van der Waals surface area contributed by atoms with Crippen molar-refractivity contribution in [1.82, 2.24) is 14.7 Å². The molecule has 0 atom stereocenters. The third-order valence-electron chi connectivity index (χ3n) is 8.32. The van der Waals surface area contributed by atoms with Crippen LogP contribution in [0.5, 0.6) is 0 Å². The van der Waals surface area contributed by atoms with E-state index >= 15 is 0 Å². The van der Waals surface area contributed by atoms with Gasteiger partial charge < -0.3 is 0 Å². The highest BCUT2D eigenvalue weighted by molar-refractivity contribution is 6.33. The minimum Gasteiger partial charge on any atom is -0.284 e. The Balaban J connectivity index is 1.57. The molecular formula is C33H33Cl2N3. The van der Waals surface area contributed by atoms with E-state index in [1.165, 1.54) is 44.8 Å². The van der Waals surface area contributed by atoms with Gasteiger partial charge in [0.15, 0.2) is 0 Å². The van der Waals surface area contributed by atoms with Gasteiger partial charge in [0.25, 0.3) is 0 Å². The van der Waals surface area contributed by atoms with Gasteiger partial charge in [0.05, 0.1) is 22.6 Å². The van der Waals surface area contributed by atoms with Gasteiger partial charge in [-0.3, -0.25) is 4.90 Å². The molecule has 0 radical (unpaired) electrons. The number of rotatable bonds is 6. The molecule has 0 fully saturated rings. The van der Waals surface area contributed by atoms with Crippen molar-refractivity contribution in [1.29, 1.82) is 0 Å². The van der Waals surface area contributed by atoms with Gasteiger partial charge in [-0.2, -0.15) is 5.10 Å². The van der Waals surface area contributed by atoms with Crippen molar-refractivity contribution >= 4 is 29.3 Å². The molecule has 5 heteroatoms. The van der Waals surface area contributed by atoms with Crippen LogP contribution >= 0.6 is 23.2 Å². The number of para-hydroxylation sites is 1. The molecular weight excluding hydrogens is 509 g/mol. The number of benzene rings is 3. The summed E-state index contributed by atoms with van der Waals surface area (Å²) in [4.78, 5) is 2.47. The number of hydrogen-bond donors (Lipinski definition) is 0. The molecule has 0 bridgehead atoms. The molecule has 2 heterocycles. The largest absolute Gasteiger partial charge is 0.284 e. The summed E-state index contributed by atoms with van der Waals surface area (Å²) in [7, 11) is 0. The Hall–Kier alpha value is -2.85. The van der Waals surface area contributed by atoms with Crippen LogP contribution in [-0.2, 0) is 37.9 Å². The minimum absolute atomic E-state index is 0.275. The van der Waals surface area contributed by atoms with Gasteiger partial charge in [0.1, 0.15) is 0 Å². The van der Waals surface area contributed by atoms with Crippen LogP contribution < -0.4 is 0 Å². The first kappa shape index (κ1) is 25.4. The van der Waals surface area contributed by atoms with Crippen LogP contribution in [-0.4, -0.2) is 14.7 Å². The third kappa shape index (κ3) is 4.04. The Bertz CT molecular complexity index is 1560. The highest BCUT2D eigenvalue weighted by atomic mass is 35.5. The van der Waals surface area contributed by atoms with Crippen LogP contribution in [0.1, 0.15) is 66.8 Å². The number of fused-ring (bicyclic) bond motifs is 2. The van der Waals surface area contributed by atoms with Gasteiger partial charge in [-0.25, -0.2) is 4.68 Å². The summed E-state index contributed by atoms with van der Waals surface area (Å²) in [6.45, 7) is 10.5. The average molecular weight is 543 g/mol. The normalized spacial score (nSPS) is 15.7. The molecule has 0 spiro atoms. The number of halogens is 2. The maximum Gasteiger partial charge on any atom is 0.0878 e. The monoisotopic (exact) mass is 541 g/mol. The summed E-state index contributed by atoms with van der Waals surface area (Å²) < 4.78 is 2.27. The van der Waals surface area contributed by atoms with Crippen molar-refractivity contribution in [2.24, 2.45) is 0 Å². The smallest absolute Gasteiger partial charge is 0.0878 e. The SMILES string of the molecule is CCc1cccc(CC)c1-n1nc2c(c1-c1cccc3c1C=CC3)CN(Cc1cc(Cl)ccc1Cl)C2(C)C. The molecule has 1 aliphatic carbocycles. The van der Waals surface area contributed by atoms with E-state index in [1.807, 2.05) is 18.2 Å². The molecule has 194 valence electrons. The first-order valence-corrected chi connectivity index (χ1v) is 14.3. The van der Waals surface area contributed by atoms with Gasteiger partial charge in [0.2, 0.25) is 0 Å². The molecule has 0 N–H and O–H groups in total. The van der Waals surface area contributed by atoms with Gasteiger partial charge >= 0.3 is 0 Å². The number of hydrogen-bond acceptors (Lipinski definition) is 2. The summed E-state index contributed by atoms with van der Waals surface area (Å²) in [5.41, 5.74) is 12.3. The lowest BCUT2D eigenvalue weighted by molar-refractivity contribution is 0.123. The second kappa shape index (κ2) is 9.72. The Morgan fingerprint density at radius 2 is 1.66 bits per heavy atom. The van der Waals surface area contributed by atoms with E-state index < -0.39 is 0 Å². The van der Waals surface area contributed by atoms with E-state index in [1.54, 1.807) is 0 Å². The molecule has 38 heavy (non-hydrogen) atoms. The zero-order valence-corrected chi connectivity index (χ0v) is 24.0. The Morgan fingerprint density at radius 1 is 0.921 bits per heavy atom. The van der Waals surface area contributed by atoms with Crippen LogP contribution in [0, 0.1) is 0 Å². The second-order valence-electron chi connectivity index (χ2n) is 10.9. The number of nitrogens with zero attached hydrogens (tertiary/aromatic N) is 3. The first-order valence-electron chi connectivity index (χ1n) is 13.5. The van der Waals surface area contributed by atoms with Crippen molar-refractivity contribution in [3.8, 4) is 16.9 Å². The summed E-state index contributed by atoms with van der Waals surface area (Å²) in [6.07, 6.45) is 7.45. The number of aromatic nitrogens is 2. The highest BCUT2D eigenvalue weighted by Crippen LogP contribution is 2.46. The van der Waals surface area contributed by atoms with E-state index in [4.69, 9.17) is 28.3 Å². The predicted octanol–water partition coefficient (Wildman–Crippen LogP) is 8.79. The molecule has 0 unspecified atom stereocenters. The quantitative estimate of drug-likeness (QED) is 0.243. The van der Waals surface area contributed by atoms with Crippen LogP contribution in [0.15, 0.2) is 60.7 Å². The Kier molecular flexibility index (Phi) is 6.50. The summed E-state index contributed by atoms with van der Waals surface area (Å²) in [5.74, 6) is 0. The number of aryl methyl sites for hydroxylation is 2. The van der Waals surface area contributed by atoms with Crippen molar-refractivity contribution in [2.45, 2.75) is 65.6 Å². The van der Waals surface area contributed by atoms with Crippen molar-refractivity contribution in [2.75, 3.05) is 0 Å². The van der Waals surface area contributed by atoms with E-state index in [9.17, 15) is 0 Å². The second-order valence-corrected chi connectivity index (χ2v) is 11.7. The molecule has 6 rings (SSSR count). The van der Waals surface area contributed by atoms with E-state index in [-0.39, 0.29) is 5.54 Å². The minimum atomic E-state index is -0.275. The zero-order valence-electron chi connectivity index (χ0n) is 22.5. The van der Waals surface area contributed by atoms with Crippen molar-refractivity contribution in [3.05, 3.63) is 110 Å². The first-order chi connectivity index (χ1) is 18.3. The molecule has 4 aromatic rings. The fourth-order valence-corrected chi connectivity index (χ4v) is 6.55. The average Bonchev–Trinajstić information content (AvgIpc) is 3.60. The molecule has 0 saturated heterocycles. The molecule has 1 aromatic heterocycles. The zero-order chi connectivity index (χ0) is 26.6. The maximum atomic E-state index is 6.60. The lowest BCUT2D eigenvalue weighted by atomic mass is 9.95. The summed E-state index contributed by atoms with van der Waals surface area (Å²) >= 11 is 13.0. The topological polar surface area (TPSA) is 21.1 Å². The van der Waals surface area contributed by atoms with Crippen LogP contribution in [0.2, 0.25) is 10.0 Å². The van der Waals surface area contributed by atoms with E-state index in [0.29, 0.717) is 11.6 Å². The molecule has 3 aromatic carbocycles. The van der Waals surface area contributed by atoms with Gasteiger partial charge in [-0.15, -0.1) is 0 Å². The predicted molar refractivity (Wildman–Crippen MR) is 159 cm³/mol. The lowest BCUT2D eigenvalue weighted by Gasteiger charge is -2.32. The summed E-state index contributed by atoms with van der Waals surface area (Å²) in [5, 5.41) is 6.91.